The van der Waals surface area contributed by atoms with Gasteiger partial charge in [0, 0.05) is 23.5 Å². The first kappa shape index (κ1) is 18.6. The van der Waals surface area contributed by atoms with Crippen LogP contribution in [0.25, 0.3) is 28.8 Å². The predicted molar refractivity (Wildman–Crippen MR) is 97.6 cm³/mol. The molecule has 3 aromatic rings. The fourth-order valence-corrected chi connectivity index (χ4v) is 2.84. The number of alkyl halides is 1. The van der Waals surface area contributed by atoms with Crippen molar-refractivity contribution in [2.75, 3.05) is 11.4 Å². The minimum atomic E-state index is -2.31. The van der Waals surface area contributed by atoms with E-state index in [2.05, 4.69) is 27.0 Å². The van der Waals surface area contributed by atoms with Gasteiger partial charge in [-0.15, -0.1) is 15.0 Å². The molecule has 0 aliphatic carbocycles. The maximum absolute atomic E-state index is 14.7. The Balaban J connectivity index is 1.57. The number of pyridine rings is 1. The summed E-state index contributed by atoms with van der Waals surface area (Å²) in [5, 5.41) is 20.6. The highest BCUT2D eigenvalue weighted by molar-refractivity contribution is 5.90. The number of halogens is 2. The normalized spacial score (nSPS) is 17.3. The SMILES string of the molecule is C=Cn1nnc(-c2ccc(-c3ccc(N4C[C@@H](C(O)F)OC4=O)cc3F)cn2)n1. The van der Waals surface area contributed by atoms with Crippen LogP contribution < -0.4 is 4.90 Å². The van der Waals surface area contributed by atoms with Crippen LogP contribution in [0.4, 0.5) is 19.3 Å². The molecule has 1 aliphatic heterocycles. The average Bonchev–Trinajstić information content (AvgIpc) is 3.35. The number of nitrogens with zero attached hydrogens (tertiary/aromatic N) is 6. The first-order valence-corrected chi connectivity index (χ1v) is 8.45. The highest BCUT2D eigenvalue weighted by Gasteiger charge is 2.37. The van der Waals surface area contributed by atoms with Crippen molar-refractivity contribution in [3.05, 3.63) is 48.9 Å². The summed E-state index contributed by atoms with van der Waals surface area (Å²) in [7, 11) is 0. The lowest BCUT2D eigenvalue weighted by molar-refractivity contribution is -0.0503. The molecule has 0 radical (unpaired) electrons. The van der Waals surface area contributed by atoms with Crippen LogP contribution in [0.1, 0.15) is 0 Å². The summed E-state index contributed by atoms with van der Waals surface area (Å²) in [4.78, 5) is 18.3. The van der Waals surface area contributed by atoms with Crippen molar-refractivity contribution >= 4 is 18.0 Å². The molecule has 1 amide bonds. The van der Waals surface area contributed by atoms with E-state index in [0.29, 0.717) is 17.1 Å². The second-order valence-electron chi connectivity index (χ2n) is 6.12. The van der Waals surface area contributed by atoms with Gasteiger partial charge in [-0.25, -0.2) is 13.6 Å². The Morgan fingerprint density at radius 3 is 2.76 bits per heavy atom. The zero-order valence-corrected chi connectivity index (χ0v) is 14.8. The van der Waals surface area contributed by atoms with Gasteiger partial charge in [-0.05, 0) is 29.5 Å². The molecular formula is C18H14F2N6O3. The average molecular weight is 400 g/mol. The van der Waals surface area contributed by atoms with Crippen molar-refractivity contribution in [1.82, 2.24) is 25.2 Å². The Bertz CT molecular complexity index is 1070. The highest BCUT2D eigenvalue weighted by Crippen LogP contribution is 2.30. The second-order valence-corrected chi connectivity index (χ2v) is 6.12. The van der Waals surface area contributed by atoms with Gasteiger partial charge in [-0.2, -0.15) is 0 Å². The molecule has 148 valence electrons. The van der Waals surface area contributed by atoms with Crippen LogP contribution in [0.2, 0.25) is 0 Å². The number of aliphatic hydroxyl groups is 1. The van der Waals surface area contributed by atoms with Crippen LogP contribution >= 0.6 is 0 Å². The number of ether oxygens (including phenoxy) is 1. The standard InChI is InChI=1S/C18H14F2N6O3/c1-2-26-23-17(22-24-26)14-6-3-10(8-21-14)12-5-4-11(7-13(12)19)25-9-15(16(20)27)29-18(25)28/h2-8,15-16,27H,1,9H2/t15-,16?/m0/s1. The van der Waals surface area contributed by atoms with Gasteiger partial charge in [-0.1, -0.05) is 12.6 Å². The summed E-state index contributed by atoms with van der Waals surface area (Å²) in [6.07, 6.45) is -1.63. The molecule has 4 rings (SSSR count). The number of rotatable bonds is 5. The fraction of sp³-hybridized carbons (Fsp3) is 0.167. The molecule has 2 atom stereocenters. The van der Waals surface area contributed by atoms with E-state index in [1.807, 2.05) is 0 Å². The molecule has 1 aliphatic rings. The van der Waals surface area contributed by atoms with Gasteiger partial charge in [0.15, 0.2) is 6.10 Å². The van der Waals surface area contributed by atoms with Crippen molar-refractivity contribution in [2.24, 2.45) is 0 Å². The first-order valence-electron chi connectivity index (χ1n) is 8.45. The van der Waals surface area contributed by atoms with Crippen molar-refractivity contribution < 1.29 is 23.4 Å². The fourth-order valence-electron chi connectivity index (χ4n) is 2.84. The Hall–Kier alpha value is -3.73. The Labute approximate surface area is 162 Å². The van der Waals surface area contributed by atoms with Crippen LogP contribution in [0.15, 0.2) is 43.1 Å². The summed E-state index contributed by atoms with van der Waals surface area (Å²) in [5.41, 5.74) is 1.39. The summed E-state index contributed by atoms with van der Waals surface area (Å²) < 4.78 is 32.3. The maximum atomic E-state index is 14.7. The van der Waals surface area contributed by atoms with E-state index in [-0.39, 0.29) is 17.8 Å². The molecule has 0 saturated carbocycles. The zero-order chi connectivity index (χ0) is 20.5. The Kier molecular flexibility index (Phi) is 4.72. The Morgan fingerprint density at radius 2 is 2.17 bits per heavy atom. The van der Waals surface area contributed by atoms with Gasteiger partial charge < -0.3 is 9.84 Å². The van der Waals surface area contributed by atoms with Gasteiger partial charge in [0.25, 0.3) is 0 Å². The van der Waals surface area contributed by atoms with Crippen molar-refractivity contribution in [3.8, 4) is 22.6 Å². The van der Waals surface area contributed by atoms with Gasteiger partial charge in [-0.3, -0.25) is 9.88 Å². The lowest BCUT2D eigenvalue weighted by Crippen LogP contribution is -2.28. The van der Waals surface area contributed by atoms with Crippen molar-refractivity contribution in [3.63, 3.8) is 0 Å². The monoisotopic (exact) mass is 400 g/mol. The molecular weight excluding hydrogens is 386 g/mol. The molecule has 1 fully saturated rings. The maximum Gasteiger partial charge on any atom is 0.414 e. The van der Waals surface area contributed by atoms with E-state index >= 15 is 0 Å². The minimum Gasteiger partial charge on any atom is -0.438 e. The van der Waals surface area contributed by atoms with E-state index in [4.69, 9.17) is 9.84 Å². The number of anilines is 1. The molecule has 29 heavy (non-hydrogen) atoms. The number of benzene rings is 1. The number of hydrogen-bond donors (Lipinski definition) is 1. The van der Waals surface area contributed by atoms with E-state index in [1.165, 1.54) is 29.3 Å². The largest absolute Gasteiger partial charge is 0.438 e. The van der Waals surface area contributed by atoms with Crippen LogP contribution in [-0.4, -0.2) is 55.4 Å². The van der Waals surface area contributed by atoms with Crippen molar-refractivity contribution in [2.45, 2.75) is 12.5 Å². The third kappa shape index (κ3) is 3.55. The van der Waals surface area contributed by atoms with E-state index < -0.39 is 24.4 Å². The van der Waals surface area contributed by atoms with E-state index in [1.54, 1.807) is 12.1 Å². The highest BCUT2D eigenvalue weighted by atomic mass is 19.1. The van der Waals surface area contributed by atoms with Gasteiger partial charge >= 0.3 is 6.09 Å². The predicted octanol–water partition coefficient (Wildman–Crippen LogP) is 2.25. The third-order valence-electron chi connectivity index (χ3n) is 4.30. The molecule has 1 N–H and O–H groups in total. The molecule has 1 aromatic carbocycles. The second kappa shape index (κ2) is 7.36. The molecule has 3 heterocycles. The Morgan fingerprint density at radius 1 is 1.34 bits per heavy atom. The number of hydrogen-bond acceptors (Lipinski definition) is 7. The van der Waals surface area contributed by atoms with Gasteiger partial charge in [0.2, 0.25) is 12.2 Å². The van der Waals surface area contributed by atoms with Gasteiger partial charge in [0.05, 0.1) is 12.2 Å². The number of aliphatic hydroxyl groups excluding tert-OH is 1. The van der Waals surface area contributed by atoms with Crippen LogP contribution in [-0.2, 0) is 4.74 Å². The van der Waals surface area contributed by atoms with E-state index in [0.717, 1.165) is 11.0 Å². The third-order valence-corrected chi connectivity index (χ3v) is 4.30. The molecule has 2 aromatic heterocycles. The molecule has 0 spiro atoms. The topological polar surface area (TPSA) is 106 Å². The molecule has 1 saturated heterocycles. The first-order chi connectivity index (χ1) is 14.0. The van der Waals surface area contributed by atoms with Gasteiger partial charge in [0.1, 0.15) is 11.5 Å². The lowest BCUT2D eigenvalue weighted by atomic mass is 10.1. The molecule has 0 bridgehead atoms. The molecule has 9 nitrogen and oxygen atoms in total. The zero-order valence-electron chi connectivity index (χ0n) is 14.8. The molecule has 1 unspecified atom stereocenters. The summed E-state index contributed by atoms with van der Waals surface area (Å²) in [6.45, 7) is 3.31. The lowest BCUT2D eigenvalue weighted by Gasteiger charge is -2.14. The summed E-state index contributed by atoms with van der Waals surface area (Å²) in [5.74, 6) is -0.311. The molecule has 11 heteroatoms. The van der Waals surface area contributed by atoms with Crippen LogP contribution in [0.5, 0.6) is 0 Å². The number of amides is 1. The number of carbonyl (C=O) groups excluding carboxylic acids is 1. The van der Waals surface area contributed by atoms with Crippen molar-refractivity contribution in [1.29, 1.82) is 0 Å². The van der Waals surface area contributed by atoms with Crippen LogP contribution in [0, 0.1) is 5.82 Å². The smallest absolute Gasteiger partial charge is 0.414 e. The number of tetrazole rings is 1. The quantitative estimate of drug-likeness (QED) is 0.700. The number of aromatic nitrogens is 5. The van der Waals surface area contributed by atoms with E-state index in [9.17, 15) is 13.6 Å². The summed E-state index contributed by atoms with van der Waals surface area (Å²) in [6, 6.07) is 7.37. The summed E-state index contributed by atoms with van der Waals surface area (Å²) >= 11 is 0. The van der Waals surface area contributed by atoms with Crippen LogP contribution in [0.3, 0.4) is 0 Å². The minimum absolute atomic E-state index is 0.189. The number of carbonyl (C=O) groups is 1. The number of cyclic esters (lactones) is 1.